The quantitative estimate of drug-likeness (QED) is 0.509. The molecule has 18 heavy (non-hydrogen) atoms. The third-order valence-electron chi connectivity index (χ3n) is 2.45. The highest BCUT2D eigenvalue weighted by Gasteiger charge is 2.16. The summed E-state index contributed by atoms with van der Waals surface area (Å²) in [5.41, 5.74) is 1.47. The van der Waals surface area contributed by atoms with Crippen LogP contribution >= 0.6 is 0 Å². The van der Waals surface area contributed by atoms with Gasteiger partial charge in [0.05, 0.1) is 0 Å². The maximum absolute atomic E-state index is 10.6. The van der Waals surface area contributed by atoms with Crippen molar-refractivity contribution in [2.45, 2.75) is 0 Å². The van der Waals surface area contributed by atoms with Gasteiger partial charge in [0.2, 0.25) is 5.89 Å². The second-order valence-electron chi connectivity index (χ2n) is 3.64. The standard InChI is InChI=1S/C12H7N3O3/c16-15(17)10-7-6-9-12(14-10)18-11(13-9)8-4-2-1-3-5-8/h1-7H. The molecule has 0 spiro atoms. The molecule has 0 saturated heterocycles. The largest absolute Gasteiger partial charge is 0.399 e. The average Bonchev–Trinajstić information content (AvgIpc) is 2.82. The lowest BCUT2D eigenvalue weighted by Gasteiger charge is -1.90. The van der Waals surface area contributed by atoms with E-state index in [0.29, 0.717) is 11.4 Å². The van der Waals surface area contributed by atoms with Crippen LogP contribution in [0.2, 0.25) is 0 Å². The highest BCUT2D eigenvalue weighted by Crippen LogP contribution is 2.24. The van der Waals surface area contributed by atoms with Crippen LogP contribution < -0.4 is 0 Å². The molecule has 0 aliphatic carbocycles. The maximum atomic E-state index is 10.6. The molecule has 0 aliphatic rings. The first-order valence-electron chi connectivity index (χ1n) is 5.21. The molecule has 0 atom stereocenters. The Bertz CT molecular complexity index is 722. The van der Waals surface area contributed by atoms with Gasteiger partial charge in [0.15, 0.2) is 5.52 Å². The Kier molecular flexibility index (Phi) is 2.26. The van der Waals surface area contributed by atoms with Crippen molar-refractivity contribution in [2.24, 2.45) is 0 Å². The van der Waals surface area contributed by atoms with Crippen LogP contribution in [0.15, 0.2) is 46.9 Å². The van der Waals surface area contributed by atoms with E-state index in [1.165, 1.54) is 12.1 Å². The smallest absolute Gasteiger partial charge is 0.367 e. The lowest BCUT2D eigenvalue weighted by Crippen LogP contribution is -1.90. The molecule has 0 fully saturated rings. The number of fused-ring (bicyclic) bond motifs is 1. The zero-order chi connectivity index (χ0) is 12.5. The van der Waals surface area contributed by atoms with Crippen molar-refractivity contribution in [1.82, 2.24) is 9.97 Å². The van der Waals surface area contributed by atoms with Crippen LogP contribution in [0.3, 0.4) is 0 Å². The van der Waals surface area contributed by atoms with E-state index in [9.17, 15) is 10.1 Å². The summed E-state index contributed by atoms with van der Waals surface area (Å²) in [6.45, 7) is 0. The van der Waals surface area contributed by atoms with Gasteiger partial charge in [0, 0.05) is 16.6 Å². The summed E-state index contributed by atoms with van der Waals surface area (Å²) < 4.78 is 5.42. The van der Waals surface area contributed by atoms with Crippen molar-refractivity contribution < 1.29 is 9.34 Å². The molecule has 0 amide bonds. The number of hydrogen-bond acceptors (Lipinski definition) is 5. The molecule has 6 nitrogen and oxygen atoms in total. The topological polar surface area (TPSA) is 82.1 Å². The van der Waals surface area contributed by atoms with Crippen LogP contribution in [0.4, 0.5) is 5.82 Å². The molecular weight excluding hydrogens is 234 g/mol. The van der Waals surface area contributed by atoms with Gasteiger partial charge in [-0.15, -0.1) is 0 Å². The molecule has 0 N–H and O–H groups in total. The van der Waals surface area contributed by atoms with E-state index in [2.05, 4.69) is 9.97 Å². The van der Waals surface area contributed by atoms with Crippen LogP contribution in [-0.4, -0.2) is 14.9 Å². The summed E-state index contributed by atoms with van der Waals surface area (Å²) in [5.74, 6) is 0.150. The van der Waals surface area contributed by atoms with Crippen molar-refractivity contribution >= 4 is 17.0 Å². The fourth-order valence-corrected chi connectivity index (χ4v) is 1.61. The highest BCUT2D eigenvalue weighted by atomic mass is 16.6. The Morgan fingerprint density at radius 2 is 1.83 bits per heavy atom. The summed E-state index contributed by atoms with van der Waals surface area (Å²) in [5, 5.41) is 10.6. The number of nitrogens with zero attached hydrogens (tertiary/aromatic N) is 3. The monoisotopic (exact) mass is 241 g/mol. The summed E-state index contributed by atoms with van der Waals surface area (Å²) in [4.78, 5) is 18.1. The Morgan fingerprint density at radius 1 is 1.06 bits per heavy atom. The molecule has 88 valence electrons. The number of aromatic nitrogens is 2. The van der Waals surface area contributed by atoms with Gasteiger partial charge in [-0.2, -0.15) is 0 Å². The number of nitro groups is 1. The second-order valence-corrected chi connectivity index (χ2v) is 3.64. The van der Waals surface area contributed by atoms with Gasteiger partial charge >= 0.3 is 11.5 Å². The van der Waals surface area contributed by atoms with Crippen molar-refractivity contribution in [2.75, 3.05) is 0 Å². The molecule has 0 aliphatic heterocycles. The third-order valence-corrected chi connectivity index (χ3v) is 2.45. The number of oxazole rings is 1. The SMILES string of the molecule is O=[N+]([O-])c1ccc2nc(-c3ccccc3)oc2n1. The zero-order valence-corrected chi connectivity index (χ0v) is 9.11. The Balaban J connectivity index is 2.14. The summed E-state index contributed by atoms with van der Waals surface area (Å²) >= 11 is 0. The number of pyridine rings is 1. The van der Waals surface area contributed by atoms with Gasteiger partial charge < -0.3 is 14.5 Å². The van der Waals surface area contributed by atoms with Crippen LogP contribution in [-0.2, 0) is 0 Å². The predicted octanol–water partition coefficient (Wildman–Crippen LogP) is 2.80. The molecule has 3 rings (SSSR count). The van der Waals surface area contributed by atoms with Gasteiger partial charge in [-0.25, -0.2) is 4.98 Å². The molecule has 2 heterocycles. The molecule has 0 radical (unpaired) electrons. The van der Waals surface area contributed by atoms with E-state index in [-0.39, 0.29) is 11.5 Å². The van der Waals surface area contributed by atoms with E-state index in [0.717, 1.165) is 5.56 Å². The van der Waals surface area contributed by atoms with Gasteiger partial charge in [-0.3, -0.25) is 0 Å². The molecule has 0 bridgehead atoms. The van der Waals surface area contributed by atoms with E-state index in [4.69, 9.17) is 4.42 Å². The van der Waals surface area contributed by atoms with Crippen LogP contribution in [0.25, 0.3) is 22.7 Å². The Labute approximate surface area is 101 Å². The third kappa shape index (κ3) is 1.69. The fourth-order valence-electron chi connectivity index (χ4n) is 1.61. The van der Waals surface area contributed by atoms with E-state index in [1.54, 1.807) is 0 Å². The first kappa shape index (κ1) is 10.4. The molecule has 2 aromatic heterocycles. The van der Waals surface area contributed by atoms with Gasteiger partial charge in [0.25, 0.3) is 0 Å². The zero-order valence-electron chi connectivity index (χ0n) is 9.11. The van der Waals surface area contributed by atoms with E-state index in [1.807, 2.05) is 30.3 Å². The van der Waals surface area contributed by atoms with E-state index < -0.39 is 4.92 Å². The highest BCUT2D eigenvalue weighted by molar-refractivity contribution is 5.73. The predicted molar refractivity (Wildman–Crippen MR) is 63.9 cm³/mol. The minimum absolute atomic E-state index is 0.169. The number of hydrogen-bond donors (Lipinski definition) is 0. The molecule has 0 saturated carbocycles. The minimum atomic E-state index is -0.565. The molecule has 0 unspecified atom stereocenters. The summed E-state index contributed by atoms with van der Waals surface area (Å²) in [7, 11) is 0. The first-order chi connectivity index (χ1) is 8.74. The molecule has 6 heteroatoms. The van der Waals surface area contributed by atoms with Gasteiger partial charge in [-0.05, 0) is 23.1 Å². The summed E-state index contributed by atoms with van der Waals surface area (Å²) in [6.07, 6.45) is 0. The maximum Gasteiger partial charge on any atom is 0.367 e. The molecule has 3 aromatic rings. The minimum Gasteiger partial charge on any atom is -0.399 e. The normalized spacial score (nSPS) is 10.7. The number of rotatable bonds is 2. The lowest BCUT2D eigenvalue weighted by atomic mass is 10.2. The average molecular weight is 241 g/mol. The van der Waals surface area contributed by atoms with Gasteiger partial charge in [-0.1, -0.05) is 18.2 Å². The van der Waals surface area contributed by atoms with Crippen molar-refractivity contribution in [3.63, 3.8) is 0 Å². The van der Waals surface area contributed by atoms with Crippen LogP contribution in [0.5, 0.6) is 0 Å². The van der Waals surface area contributed by atoms with Crippen molar-refractivity contribution in [3.05, 3.63) is 52.6 Å². The first-order valence-corrected chi connectivity index (χ1v) is 5.21. The van der Waals surface area contributed by atoms with Gasteiger partial charge in [0.1, 0.15) is 0 Å². The molecular formula is C12H7N3O3. The Morgan fingerprint density at radius 3 is 2.56 bits per heavy atom. The van der Waals surface area contributed by atoms with Crippen molar-refractivity contribution in [1.29, 1.82) is 0 Å². The second kappa shape index (κ2) is 3.92. The van der Waals surface area contributed by atoms with Crippen LogP contribution in [0, 0.1) is 10.1 Å². The molecule has 1 aromatic carbocycles. The van der Waals surface area contributed by atoms with E-state index >= 15 is 0 Å². The van der Waals surface area contributed by atoms with Crippen molar-refractivity contribution in [3.8, 4) is 11.5 Å². The van der Waals surface area contributed by atoms with Crippen LogP contribution in [0.1, 0.15) is 0 Å². The summed E-state index contributed by atoms with van der Waals surface area (Å²) in [6, 6.07) is 12.1. The lowest BCUT2D eigenvalue weighted by molar-refractivity contribution is -0.389. The number of benzene rings is 1. The fraction of sp³-hybridized carbons (Fsp3) is 0. The Hall–Kier alpha value is -2.76.